The van der Waals surface area contributed by atoms with E-state index in [2.05, 4.69) is 0 Å². The summed E-state index contributed by atoms with van der Waals surface area (Å²) >= 11 is 0. The van der Waals surface area contributed by atoms with Crippen LogP contribution >= 0.6 is 0 Å². The molecule has 6 heteroatoms. The van der Waals surface area contributed by atoms with E-state index in [1.165, 1.54) is 43.5 Å². The highest BCUT2D eigenvalue weighted by Crippen LogP contribution is 2.32. The van der Waals surface area contributed by atoms with Gasteiger partial charge in [-0.2, -0.15) is 0 Å². The lowest BCUT2D eigenvalue weighted by Crippen LogP contribution is -2.10. The molecule has 0 aliphatic heterocycles. The molecule has 0 fully saturated rings. The number of hydrogen-bond acceptors (Lipinski definition) is 4. The maximum atomic E-state index is 11.1. The van der Waals surface area contributed by atoms with Crippen molar-refractivity contribution in [1.29, 1.82) is 0 Å². The average molecular weight is 287 g/mol. The van der Waals surface area contributed by atoms with Gasteiger partial charge in [0, 0.05) is 5.56 Å². The Hall–Kier alpha value is -3.02. The summed E-state index contributed by atoms with van der Waals surface area (Å²) in [7, 11) is 1.44. The van der Waals surface area contributed by atoms with Crippen molar-refractivity contribution < 1.29 is 24.2 Å². The van der Waals surface area contributed by atoms with Crippen molar-refractivity contribution in [2.75, 3.05) is 7.11 Å². The Balaban J connectivity index is 2.26. The van der Waals surface area contributed by atoms with Gasteiger partial charge >= 0.3 is 5.97 Å². The van der Waals surface area contributed by atoms with E-state index in [1.54, 1.807) is 6.07 Å². The van der Waals surface area contributed by atoms with E-state index in [-0.39, 0.29) is 5.56 Å². The van der Waals surface area contributed by atoms with E-state index >= 15 is 0 Å². The predicted molar refractivity (Wildman–Crippen MR) is 75.0 cm³/mol. The molecule has 1 amide bonds. The molecule has 0 unspecified atom stereocenters. The molecule has 6 nitrogen and oxygen atoms in total. The van der Waals surface area contributed by atoms with Gasteiger partial charge < -0.3 is 20.3 Å². The third-order valence-electron chi connectivity index (χ3n) is 2.78. The third kappa shape index (κ3) is 3.30. The highest BCUT2D eigenvalue weighted by Gasteiger charge is 2.10. The maximum Gasteiger partial charge on any atom is 0.335 e. The minimum Gasteiger partial charge on any atom is -0.493 e. The number of ether oxygens (including phenoxy) is 2. The van der Waals surface area contributed by atoms with Crippen LogP contribution in [-0.2, 0) is 0 Å². The number of hydrogen-bond donors (Lipinski definition) is 2. The second-order valence-electron chi connectivity index (χ2n) is 4.16. The van der Waals surface area contributed by atoms with Crippen LogP contribution in [0.2, 0.25) is 0 Å². The number of benzene rings is 2. The molecule has 0 atom stereocenters. The van der Waals surface area contributed by atoms with Crippen molar-refractivity contribution in [3.05, 3.63) is 53.6 Å². The molecule has 0 aliphatic rings. The monoisotopic (exact) mass is 287 g/mol. The van der Waals surface area contributed by atoms with Gasteiger partial charge in [0.05, 0.1) is 12.7 Å². The molecule has 0 radical (unpaired) electrons. The molecule has 0 spiro atoms. The maximum absolute atomic E-state index is 11.1. The Labute approximate surface area is 120 Å². The molecular weight excluding hydrogens is 274 g/mol. The second kappa shape index (κ2) is 5.96. The number of primary amides is 1. The number of carboxylic acids is 1. The van der Waals surface area contributed by atoms with Crippen LogP contribution in [0.5, 0.6) is 17.2 Å². The summed E-state index contributed by atoms with van der Waals surface area (Å²) in [5.41, 5.74) is 5.67. The van der Waals surface area contributed by atoms with Crippen molar-refractivity contribution in [3.63, 3.8) is 0 Å². The van der Waals surface area contributed by atoms with E-state index in [4.69, 9.17) is 20.3 Å². The number of carbonyl (C=O) groups is 2. The summed E-state index contributed by atoms with van der Waals surface area (Å²) < 4.78 is 10.7. The molecule has 108 valence electrons. The number of methoxy groups -OCH3 is 1. The summed E-state index contributed by atoms with van der Waals surface area (Å²) in [6.45, 7) is 0. The molecule has 0 aliphatic carbocycles. The van der Waals surface area contributed by atoms with E-state index in [0.29, 0.717) is 22.8 Å². The first-order valence-electron chi connectivity index (χ1n) is 6.00. The van der Waals surface area contributed by atoms with Gasteiger partial charge in [0.25, 0.3) is 0 Å². The van der Waals surface area contributed by atoms with E-state index in [0.717, 1.165) is 0 Å². The summed E-state index contributed by atoms with van der Waals surface area (Å²) in [6.07, 6.45) is 0. The molecule has 2 rings (SSSR count). The third-order valence-corrected chi connectivity index (χ3v) is 2.78. The van der Waals surface area contributed by atoms with Crippen molar-refractivity contribution >= 4 is 11.9 Å². The highest BCUT2D eigenvalue weighted by molar-refractivity contribution is 5.93. The van der Waals surface area contributed by atoms with Crippen LogP contribution in [-0.4, -0.2) is 24.1 Å². The van der Waals surface area contributed by atoms with E-state index in [9.17, 15) is 9.59 Å². The largest absolute Gasteiger partial charge is 0.493 e. The standard InChI is InChI=1S/C15H13NO5/c1-20-13-8-10(14(16)17)4-7-12(13)21-11-5-2-9(3-6-11)15(18)19/h2-8H,1H3,(H2,16,17)(H,18,19). The van der Waals surface area contributed by atoms with Gasteiger partial charge in [-0.15, -0.1) is 0 Å². The Morgan fingerprint density at radius 2 is 1.62 bits per heavy atom. The van der Waals surface area contributed by atoms with Crippen LogP contribution in [0.25, 0.3) is 0 Å². The first-order valence-corrected chi connectivity index (χ1v) is 6.00. The quantitative estimate of drug-likeness (QED) is 0.879. The minimum atomic E-state index is -1.01. The molecule has 0 bridgehead atoms. The van der Waals surface area contributed by atoms with Crippen molar-refractivity contribution in [1.82, 2.24) is 0 Å². The van der Waals surface area contributed by atoms with Crippen molar-refractivity contribution in [2.24, 2.45) is 5.73 Å². The van der Waals surface area contributed by atoms with E-state index < -0.39 is 11.9 Å². The number of amides is 1. The van der Waals surface area contributed by atoms with Gasteiger partial charge in [0.1, 0.15) is 5.75 Å². The molecule has 0 saturated heterocycles. The first kappa shape index (κ1) is 14.4. The van der Waals surface area contributed by atoms with Gasteiger partial charge in [0.15, 0.2) is 11.5 Å². The zero-order chi connectivity index (χ0) is 15.4. The fourth-order valence-corrected chi connectivity index (χ4v) is 1.70. The summed E-state index contributed by atoms with van der Waals surface area (Å²) in [6, 6.07) is 10.5. The lowest BCUT2D eigenvalue weighted by molar-refractivity contribution is 0.0696. The Kier molecular flexibility index (Phi) is 4.08. The van der Waals surface area contributed by atoms with Crippen LogP contribution in [0.4, 0.5) is 0 Å². The van der Waals surface area contributed by atoms with Crippen LogP contribution in [0.1, 0.15) is 20.7 Å². The lowest BCUT2D eigenvalue weighted by atomic mass is 10.2. The molecular formula is C15H13NO5. The summed E-state index contributed by atoms with van der Waals surface area (Å²) in [4.78, 5) is 21.9. The molecule has 0 saturated carbocycles. The SMILES string of the molecule is COc1cc(C(N)=O)ccc1Oc1ccc(C(=O)O)cc1. The smallest absolute Gasteiger partial charge is 0.335 e. The van der Waals surface area contributed by atoms with Gasteiger partial charge in [-0.25, -0.2) is 4.79 Å². The fraction of sp³-hybridized carbons (Fsp3) is 0.0667. The summed E-state index contributed by atoms with van der Waals surface area (Å²) in [5.74, 6) is -0.375. The van der Waals surface area contributed by atoms with Gasteiger partial charge in [-0.3, -0.25) is 4.79 Å². The summed E-state index contributed by atoms with van der Waals surface area (Å²) in [5, 5.41) is 8.83. The molecule has 0 aromatic heterocycles. The van der Waals surface area contributed by atoms with Crippen molar-refractivity contribution in [2.45, 2.75) is 0 Å². The molecule has 0 heterocycles. The zero-order valence-electron chi connectivity index (χ0n) is 11.2. The number of carbonyl (C=O) groups excluding carboxylic acids is 1. The Morgan fingerprint density at radius 3 is 2.14 bits per heavy atom. The Bertz CT molecular complexity index is 679. The average Bonchev–Trinajstić information content (AvgIpc) is 2.48. The molecule has 2 aromatic carbocycles. The molecule has 3 N–H and O–H groups in total. The van der Waals surface area contributed by atoms with Crippen LogP contribution in [0.15, 0.2) is 42.5 Å². The second-order valence-corrected chi connectivity index (χ2v) is 4.16. The predicted octanol–water partition coefficient (Wildman–Crippen LogP) is 2.28. The van der Waals surface area contributed by atoms with Gasteiger partial charge in [-0.1, -0.05) is 0 Å². The number of rotatable bonds is 5. The van der Waals surface area contributed by atoms with Crippen LogP contribution in [0, 0.1) is 0 Å². The van der Waals surface area contributed by atoms with Crippen molar-refractivity contribution in [3.8, 4) is 17.2 Å². The Morgan fingerprint density at radius 1 is 1.00 bits per heavy atom. The van der Waals surface area contributed by atoms with E-state index in [1.807, 2.05) is 0 Å². The van der Waals surface area contributed by atoms with Gasteiger partial charge in [0.2, 0.25) is 5.91 Å². The first-order chi connectivity index (χ1) is 10.0. The van der Waals surface area contributed by atoms with Crippen LogP contribution in [0.3, 0.4) is 0 Å². The topological polar surface area (TPSA) is 98.9 Å². The normalized spacial score (nSPS) is 9.95. The number of aromatic carboxylic acids is 1. The van der Waals surface area contributed by atoms with Crippen LogP contribution < -0.4 is 15.2 Å². The molecule has 21 heavy (non-hydrogen) atoms. The zero-order valence-corrected chi connectivity index (χ0v) is 11.2. The number of carboxylic acid groups (broad SMARTS) is 1. The lowest BCUT2D eigenvalue weighted by Gasteiger charge is -2.11. The molecule has 2 aromatic rings. The fourth-order valence-electron chi connectivity index (χ4n) is 1.70. The number of nitrogens with two attached hydrogens (primary N) is 1. The highest BCUT2D eigenvalue weighted by atomic mass is 16.5. The van der Waals surface area contributed by atoms with Gasteiger partial charge in [-0.05, 0) is 42.5 Å². The minimum absolute atomic E-state index is 0.165.